The molecule has 29 heavy (non-hydrogen) atoms. The molecule has 9 heteroatoms. The number of nitrogens with one attached hydrogen (secondary N) is 1. The fourth-order valence-electron chi connectivity index (χ4n) is 3.34. The molecule has 0 atom stereocenters. The van der Waals surface area contributed by atoms with Gasteiger partial charge in [-0.05, 0) is 67.6 Å². The van der Waals surface area contributed by atoms with Gasteiger partial charge >= 0.3 is 0 Å². The van der Waals surface area contributed by atoms with Crippen molar-refractivity contribution in [2.45, 2.75) is 36.0 Å². The Hall–Kier alpha value is -1.94. The number of hydrogen-bond donors (Lipinski definition) is 1. The quantitative estimate of drug-likeness (QED) is 0.683. The summed E-state index contributed by atoms with van der Waals surface area (Å²) in [6.45, 7) is 3.13. The summed E-state index contributed by atoms with van der Waals surface area (Å²) in [4.78, 5) is 0.459. The van der Waals surface area contributed by atoms with Crippen molar-refractivity contribution in [1.29, 1.82) is 0 Å². The summed E-state index contributed by atoms with van der Waals surface area (Å²) in [5, 5.41) is 0. The van der Waals surface area contributed by atoms with E-state index >= 15 is 0 Å². The van der Waals surface area contributed by atoms with Gasteiger partial charge in [0.1, 0.15) is 5.75 Å². The predicted octanol–water partition coefficient (Wildman–Crippen LogP) is 2.31. The fraction of sp³-hybridized carbons (Fsp3) is 0.400. The fourth-order valence-corrected chi connectivity index (χ4v) is 5.97. The molecule has 0 aliphatic carbocycles. The zero-order chi connectivity index (χ0) is 21.1. The predicted molar refractivity (Wildman–Crippen MR) is 111 cm³/mol. The first kappa shape index (κ1) is 21.8. The van der Waals surface area contributed by atoms with Gasteiger partial charge in [0.2, 0.25) is 20.0 Å². The molecule has 3 rings (SSSR count). The number of aryl methyl sites for hydroxylation is 1. The highest BCUT2D eigenvalue weighted by Gasteiger charge is 2.26. The molecule has 0 saturated carbocycles. The van der Waals surface area contributed by atoms with E-state index in [1.807, 2.05) is 0 Å². The summed E-state index contributed by atoms with van der Waals surface area (Å²) in [5.41, 5.74) is 1.60. The number of nitrogens with zero attached hydrogens (tertiary/aromatic N) is 1. The van der Waals surface area contributed by atoms with E-state index in [0.29, 0.717) is 25.3 Å². The molecule has 1 aliphatic rings. The van der Waals surface area contributed by atoms with Crippen molar-refractivity contribution in [2.75, 3.05) is 26.7 Å². The Balaban J connectivity index is 1.61. The Kier molecular flexibility index (Phi) is 6.62. The number of hydrogen-bond acceptors (Lipinski definition) is 5. The van der Waals surface area contributed by atoms with Gasteiger partial charge in [-0.3, -0.25) is 0 Å². The van der Waals surface area contributed by atoms with Crippen LogP contribution in [0.25, 0.3) is 0 Å². The van der Waals surface area contributed by atoms with Crippen LogP contribution in [-0.4, -0.2) is 47.9 Å². The van der Waals surface area contributed by atoms with Gasteiger partial charge in [0.15, 0.2) is 0 Å². The molecule has 0 unspecified atom stereocenters. The SMILES string of the molecule is COc1ccc(S(=O)(=O)NCCc2ccc(S(=O)(=O)N3CCCC3)cc2)cc1C. The van der Waals surface area contributed by atoms with Crippen LogP contribution in [0, 0.1) is 6.92 Å². The molecule has 0 spiro atoms. The van der Waals surface area contributed by atoms with E-state index in [0.717, 1.165) is 24.0 Å². The van der Waals surface area contributed by atoms with E-state index in [1.165, 1.54) is 17.5 Å². The molecular weight excluding hydrogens is 412 g/mol. The Morgan fingerprint density at radius 3 is 2.17 bits per heavy atom. The standard InChI is InChI=1S/C20H26N2O5S2/c1-16-15-19(9-10-20(16)27-2)28(23,24)21-12-11-17-5-7-18(8-6-17)29(25,26)22-13-3-4-14-22/h5-10,15,21H,3-4,11-14H2,1-2H3. The number of ether oxygens (including phenoxy) is 1. The van der Waals surface area contributed by atoms with Gasteiger partial charge in [0.25, 0.3) is 0 Å². The topological polar surface area (TPSA) is 92.8 Å². The van der Waals surface area contributed by atoms with Crippen LogP contribution in [0.2, 0.25) is 0 Å². The number of sulfonamides is 2. The van der Waals surface area contributed by atoms with E-state index in [1.54, 1.807) is 43.3 Å². The molecule has 2 aromatic rings. The summed E-state index contributed by atoms with van der Waals surface area (Å²) in [5.74, 6) is 0.632. The average Bonchev–Trinajstić information content (AvgIpc) is 3.24. The van der Waals surface area contributed by atoms with Gasteiger partial charge in [0, 0.05) is 19.6 Å². The van der Waals surface area contributed by atoms with Crippen molar-refractivity contribution in [3.8, 4) is 5.75 Å². The number of methoxy groups -OCH3 is 1. The largest absolute Gasteiger partial charge is 0.496 e. The van der Waals surface area contributed by atoms with Gasteiger partial charge in [-0.25, -0.2) is 21.6 Å². The molecule has 0 amide bonds. The molecule has 1 saturated heterocycles. The smallest absolute Gasteiger partial charge is 0.243 e. The van der Waals surface area contributed by atoms with Crippen molar-refractivity contribution in [3.05, 3.63) is 53.6 Å². The van der Waals surface area contributed by atoms with E-state index in [9.17, 15) is 16.8 Å². The second kappa shape index (κ2) is 8.83. The van der Waals surface area contributed by atoms with Crippen molar-refractivity contribution in [1.82, 2.24) is 9.03 Å². The first-order chi connectivity index (χ1) is 13.7. The van der Waals surface area contributed by atoms with Crippen molar-refractivity contribution >= 4 is 20.0 Å². The van der Waals surface area contributed by atoms with Crippen LogP contribution in [-0.2, 0) is 26.5 Å². The molecule has 0 radical (unpaired) electrons. The second-order valence-corrected chi connectivity index (χ2v) is 10.7. The molecule has 158 valence electrons. The Morgan fingerprint density at radius 1 is 0.966 bits per heavy atom. The van der Waals surface area contributed by atoms with Gasteiger partial charge in [0.05, 0.1) is 16.9 Å². The first-order valence-corrected chi connectivity index (χ1v) is 12.4. The van der Waals surface area contributed by atoms with Crippen LogP contribution in [0.15, 0.2) is 52.3 Å². The van der Waals surface area contributed by atoms with E-state index in [2.05, 4.69) is 4.72 Å². The van der Waals surface area contributed by atoms with Crippen LogP contribution in [0.4, 0.5) is 0 Å². The molecule has 1 aliphatic heterocycles. The molecule has 7 nitrogen and oxygen atoms in total. The molecule has 0 bridgehead atoms. The zero-order valence-electron chi connectivity index (χ0n) is 16.6. The maximum atomic E-state index is 12.5. The summed E-state index contributed by atoms with van der Waals surface area (Å²) in [6, 6.07) is 11.3. The lowest BCUT2D eigenvalue weighted by Gasteiger charge is -2.15. The minimum absolute atomic E-state index is 0.183. The minimum Gasteiger partial charge on any atom is -0.496 e. The molecule has 1 fully saturated rings. The van der Waals surface area contributed by atoms with Crippen LogP contribution in [0.3, 0.4) is 0 Å². The van der Waals surface area contributed by atoms with Crippen LogP contribution in [0.5, 0.6) is 5.75 Å². The van der Waals surface area contributed by atoms with Gasteiger partial charge < -0.3 is 4.74 Å². The highest BCUT2D eigenvalue weighted by atomic mass is 32.2. The maximum absolute atomic E-state index is 12.5. The molecule has 1 N–H and O–H groups in total. The van der Waals surface area contributed by atoms with Crippen molar-refractivity contribution in [3.63, 3.8) is 0 Å². The zero-order valence-corrected chi connectivity index (χ0v) is 18.2. The van der Waals surface area contributed by atoms with Crippen molar-refractivity contribution in [2.24, 2.45) is 0 Å². The normalized spacial score (nSPS) is 15.5. The lowest BCUT2D eigenvalue weighted by molar-refractivity contribution is 0.411. The number of benzene rings is 2. The summed E-state index contributed by atoms with van der Waals surface area (Å²) >= 11 is 0. The molecule has 1 heterocycles. The van der Waals surface area contributed by atoms with E-state index < -0.39 is 20.0 Å². The monoisotopic (exact) mass is 438 g/mol. The van der Waals surface area contributed by atoms with Crippen LogP contribution >= 0.6 is 0 Å². The van der Waals surface area contributed by atoms with Gasteiger partial charge in [-0.2, -0.15) is 4.31 Å². The highest BCUT2D eigenvalue weighted by molar-refractivity contribution is 7.89. The first-order valence-electron chi connectivity index (χ1n) is 9.47. The van der Waals surface area contributed by atoms with E-state index in [-0.39, 0.29) is 16.3 Å². The Bertz CT molecular complexity index is 1060. The lowest BCUT2D eigenvalue weighted by atomic mass is 10.2. The Labute approximate surface area is 172 Å². The highest BCUT2D eigenvalue weighted by Crippen LogP contribution is 2.22. The van der Waals surface area contributed by atoms with Gasteiger partial charge in [-0.1, -0.05) is 12.1 Å². The average molecular weight is 439 g/mol. The molecule has 0 aromatic heterocycles. The summed E-state index contributed by atoms with van der Waals surface area (Å²) in [6.07, 6.45) is 2.24. The third-order valence-electron chi connectivity index (χ3n) is 5.01. The van der Waals surface area contributed by atoms with Crippen LogP contribution in [0.1, 0.15) is 24.0 Å². The van der Waals surface area contributed by atoms with Crippen molar-refractivity contribution < 1.29 is 21.6 Å². The van der Waals surface area contributed by atoms with E-state index in [4.69, 9.17) is 4.74 Å². The third kappa shape index (κ3) is 4.98. The molecule has 2 aromatic carbocycles. The maximum Gasteiger partial charge on any atom is 0.243 e. The second-order valence-electron chi connectivity index (χ2n) is 7.03. The minimum atomic E-state index is -3.63. The third-order valence-corrected chi connectivity index (χ3v) is 8.38. The Morgan fingerprint density at radius 2 is 1.59 bits per heavy atom. The summed E-state index contributed by atoms with van der Waals surface area (Å²) in [7, 11) is -5.52. The number of rotatable bonds is 8. The molecular formula is C20H26N2O5S2. The summed E-state index contributed by atoms with van der Waals surface area (Å²) < 4.78 is 59.3. The lowest BCUT2D eigenvalue weighted by Crippen LogP contribution is -2.28. The van der Waals surface area contributed by atoms with Crippen LogP contribution < -0.4 is 9.46 Å². The van der Waals surface area contributed by atoms with Gasteiger partial charge in [-0.15, -0.1) is 0 Å².